The monoisotopic (exact) mass is 343 g/mol. The maximum absolute atomic E-state index is 12.7. The van der Waals surface area contributed by atoms with Crippen molar-refractivity contribution in [3.8, 4) is 0 Å². The first-order valence-corrected chi connectivity index (χ1v) is 9.20. The van der Waals surface area contributed by atoms with Gasteiger partial charge in [0, 0.05) is 11.9 Å². The Labute approximate surface area is 143 Å². The molecule has 0 aliphatic heterocycles. The van der Waals surface area contributed by atoms with E-state index in [1.54, 1.807) is 0 Å². The molecule has 1 heterocycles. The molecule has 1 aromatic heterocycles. The molecule has 0 N–H and O–H groups in total. The highest BCUT2D eigenvalue weighted by molar-refractivity contribution is 8.01. The van der Waals surface area contributed by atoms with Crippen molar-refractivity contribution in [2.24, 2.45) is 0 Å². The van der Waals surface area contributed by atoms with Crippen molar-refractivity contribution in [3.05, 3.63) is 47.5 Å². The number of benzene rings is 2. The molecule has 0 unspecified atom stereocenters. The van der Waals surface area contributed by atoms with Crippen LogP contribution >= 0.6 is 23.1 Å². The van der Waals surface area contributed by atoms with Gasteiger partial charge in [0.15, 0.2) is 4.34 Å². The summed E-state index contributed by atoms with van der Waals surface area (Å²) in [6.07, 6.45) is 0. The molecule has 1 amide bonds. The lowest BCUT2D eigenvalue weighted by Crippen LogP contribution is -2.32. The topological polar surface area (TPSA) is 46.1 Å². The Morgan fingerprint density at radius 3 is 2.70 bits per heavy atom. The van der Waals surface area contributed by atoms with E-state index >= 15 is 0 Å². The number of thioether (sulfide) groups is 1. The highest BCUT2D eigenvalue weighted by Gasteiger charge is 2.17. The van der Waals surface area contributed by atoms with Crippen LogP contribution in [0.3, 0.4) is 0 Å². The number of hydrogen-bond acceptors (Lipinski definition) is 5. The second-order valence-electron chi connectivity index (χ2n) is 5.01. The first-order chi connectivity index (χ1) is 11.2. The fourth-order valence-corrected chi connectivity index (χ4v) is 4.15. The van der Waals surface area contributed by atoms with Crippen LogP contribution in [0.2, 0.25) is 0 Å². The molecule has 0 radical (unpaired) electrons. The molecule has 0 atom stereocenters. The van der Waals surface area contributed by atoms with E-state index in [1.165, 1.54) is 23.1 Å². The molecule has 6 heteroatoms. The van der Waals surface area contributed by atoms with Crippen LogP contribution in [0.15, 0.2) is 46.8 Å². The summed E-state index contributed by atoms with van der Waals surface area (Å²) >= 11 is 2.96. The molecule has 0 aliphatic carbocycles. The van der Waals surface area contributed by atoms with Gasteiger partial charge in [-0.3, -0.25) is 4.79 Å². The Balaban J connectivity index is 1.82. The Morgan fingerprint density at radius 1 is 1.17 bits per heavy atom. The van der Waals surface area contributed by atoms with Crippen molar-refractivity contribution < 1.29 is 4.79 Å². The molecule has 23 heavy (non-hydrogen) atoms. The van der Waals surface area contributed by atoms with Gasteiger partial charge in [-0.2, -0.15) is 0 Å². The van der Waals surface area contributed by atoms with Gasteiger partial charge in [0.05, 0.1) is 11.4 Å². The molecule has 0 spiro atoms. The van der Waals surface area contributed by atoms with Crippen molar-refractivity contribution in [1.82, 2.24) is 10.2 Å². The highest BCUT2D eigenvalue weighted by Crippen LogP contribution is 2.28. The van der Waals surface area contributed by atoms with Gasteiger partial charge >= 0.3 is 0 Å². The van der Waals surface area contributed by atoms with Crippen molar-refractivity contribution >= 4 is 45.5 Å². The molecule has 3 aromatic rings. The van der Waals surface area contributed by atoms with Crippen molar-refractivity contribution in [1.29, 1.82) is 0 Å². The summed E-state index contributed by atoms with van der Waals surface area (Å²) in [6.45, 7) is 4.56. The lowest BCUT2D eigenvalue weighted by molar-refractivity contribution is -0.116. The van der Waals surface area contributed by atoms with Gasteiger partial charge in [-0.15, -0.1) is 10.2 Å². The number of nitrogens with zero attached hydrogens (tertiary/aromatic N) is 3. The van der Waals surface area contributed by atoms with Crippen LogP contribution in [0.1, 0.15) is 11.9 Å². The van der Waals surface area contributed by atoms with Gasteiger partial charge in [0.2, 0.25) is 5.91 Å². The van der Waals surface area contributed by atoms with Crippen LogP contribution in [-0.4, -0.2) is 28.4 Å². The molecule has 0 saturated heterocycles. The van der Waals surface area contributed by atoms with Gasteiger partial charge in [-0.05, 0) is 25.3 Å². The first-order valence-electron chi connectivity index (χ1n) is 7.40. The maximum atomic E-state index is 12.7. The smallest absolute Gasteiger partial charge is 0.237 e. The summed E-state index contributed by atoms with van der Waals surface area (Å²) in [5.41, 5.74) is 0.963. The zero-order valence-corrected chi connectivity index (χ0v) is 14.7. The number of aromatic nitrogens is 2. The van der Waals surface area contributed by atoms with E-state index in [1.807, 2.05) is 43.0 Å². The Bertz CT molecular complexity index is 826. The molecular formula is C17H17N3OS2. The van der Waals surface area contributed by atoms with Crippen LogP contribution in [0.4, 0.5) is 5.69 Å². The Morgan fingerprint density at radius 2 is 1.96 bits per heavy atom. The van der Waals surface area contributed by atoms with E-state index in [4.69, 9.17) is 0 Å². The first kappa shape index (κ1) is 16.0. The van der Waals surface area contributed by atoms with Crippen molar-refractivity contribution in [2.45, 2.75) is 18.2 Å². The summed E-state index contributed by atoms with van der Waals surface area (Å²) in [4.78, 5) is 14.5. The number of fused-ring (bicyclic) bond motifs is 1. The molecule has 0 saturated carbocycles. The fourth-order valence-electron chi connectivity index (χ4n) is 2.46. The summed E-state index contributed by atoms with van der Waals surface area (Å²) in [5.74, 6) is 0.452. The maximum Gasteiger partial charge on any atom is 0.237 e. The van der Waals surface area contributed by atoms with E-state index < -0.39 is 0 Å². The second kappa shape index (κ2) is 7.10. The zero-order chi connectivity index (χ0) is 16.2. The minimum Gasteiger partial charge on any atom is -0.311 e. The molecular weight excluding hydrogens is 326 g/mol. The van der Waals surface area contributed by atoms with Crippen LogP contribution in [-0.2, 0) is 4.79 Å². The number of rotatable bonds is 5. The van der Waals surface area contributed by atoms with Crippen LogP contribution < -0.4 is 4.90 Å². The third kappa shape index (κ3) is 3.54. The van der Waals surface area contributed by atoms with E-state index in [0.29, 0.717) is 12.3 Å². The lowest BCUT2D eigenvalue weighted by atomic mass is 10.1. The van der Waals surface area contributed by atoms with Gasteiger partial charge in [-0.25, -0.2) is 0 Å². The summed E-state index contributed by atoms with van der Waals surface area (Å²) in [5, 5.41) is 11.2. The van der Waals surface area contributed by atoms with Crippen molar-refractivity contribution in [3.63, 3.8) is 0 Å². The number of anilines is 1. The summed E-state index contributed by atoms with van der Waals surface area (Å²) in [7, 11) is 0. The fraction of sp³-hybridized carbons (Fsp3) is 0.235. The molecule has 4 nitrogen and oxygen atoms in total. The molecule has 0 bridgehead atoms. The SMILES string of the molecule is CCN(C(=O)CSc1nnc(C)s1)c1cccc2ccccc12. The number of hydrogen-bond donors (Lipinski definition) is 0. The standard InChI is InChI=1S/C17H17N3OS2/c1-3-20(16(21)11-22-17-19-18-12(2)23-17)15-10-6-8-13-7-4-5-9-14(13)15/h4-10H,3,11H2,1-2H3. The highest BCUT2D eigenvalue weighted by atomic mass is 32.2. The zero-order valence-electron chi connectivity index (χ0n) is 13.0. The van der Waals surface area contributed by atoms with Crippen LogP contribution in [0.25, 0.3) is 10.8 Å². The summed E-state index contributed by atoms with van der Waals surface area (Å²) in [6, 6.07) is 14.2. The van der Waals surface area contributed by atoms with E-state index in [0.717, 1.165) is 25.8 Å². The number of carbonyl (C=O) groups excluding carboxylic acids is 1. The van der Waals surface area contributed by atoms with Crippen molar-refractivity contribution in [2.75, 3.05) is 17.2 Å². The van der Waals surface area contributed by atoms with Gasteiger partial charge in [0.1, 0.15) is 5.01 Å². The van der Waals surface area contributed by atoms with E-state index in [9.17, 15) is 4.79 Å². The number of amides is 1. The Kier molecular flexibility index (Phi) is 4.93. The molecule has 3 rings (SSSR count). The molecule has 0 fully saturated rings. The molecule has 2 aromatic carbocycles. The van der Waals surface area contributed by atoms with Crippen LogP contribution in [0, 0.1) is 6.92 Å². The number of aryl methyl sites for hydroxylation is 1. The largest absolute Gasteiger partial charge is 0.311 e. The third-order valence-electron chi connectivity index (χ3n) is 3.50. The van der Waals surface area contributed by atoms with Gasteiger partial charge < -0.3 is 4.90 Å². The van der Waals surface area contributed by atoms with Crippen LogP contribution in [0.5, 0.6) is 0 Å². The van der Waals surface area contributed by atoms with E-state index in [-0.39, 0.29) is 5.91 Å². The minimum atomic E-state index is 0.0849. The van der Waals surface area contributed by atoms with Gasteiger partial charge in [0.25, 0.3) is 0 Å². The third-order valence-corrected chi connectivity index (χ3v) is 5.46. The van der Waals surface area contributed by atoms with Gasteiger partial charge in [-0.1, -0.05) is 59.5 Å². The predicted molar refractivity (Wildman–Crippen MR) is 97.3 cm³/mol. The predicted octanol–water partition coefficient (Wildman–Crippen LogP) is 4.14. The number of carbonyl (C=O) groups is 1. The lowest BCUT2D eigenvalue weighted by Gasteiger charge is -2.22. The average Bonchev–Trinajstić information content (AvgIpc) is 2.99. The summed E-state index contributed by atoms with van der Waals surface area (Å²) < 4.78 is 0.838. The molecule has 118 valence electrons. The average molecular weight is 343 g/mol. The quantitative estimate of drug-likeness (QED) is 0.653. The normalized spacial score (nSPS) is 10.9. The minimum absolute atomic E-state index is 0.0849. The molecule has 0 aliphatic rings. The van der Waals surface area contributed by atoms with E-state index in [2.05, 4.69) is 28.4 Å². The Hall–Kier alpha value is -1.92. The second-order valence-corrected chi connectivity index (χ2v) is 7.42.